The van der Waals surface area contributed by atoms with E-state index in [2.05, 4.69) is 15.3 Å². The van der Waals surface area contributed by atoms with Crippen LogP contribution in [0.2, 0.25) is 5.02 Å². The minimum absolute atomic E-state index is 0.219. The molecule has 0 fully saturated rings. The molecular formula is C25H20ClN5O2S. The third-order valence-electron chi connectivity index (χ3n) is 5.15. The predicted octanol–water partition coefficient (Wildman–Crippen LogP) is 5.57. The summed E-state index contributed by atoms with van der Waals surface area (Å²) in [5, 5.41) is 15.9. The van der Waals surface area contributed by atoms with Crippen molar-refractivity contribution in [3.05, 3.63) is 95.5 Å². The number of carbonyl (C=O) groups is 1. The van der Waals surface area contributed by atoms with E-state index in [0.717, 1.165) is 22.6 Å². The summed E-state index contributed by atoms with van der Waals surface area (Å²) in [5.41, 5.74) is 2.67. The van der Waals surface area contributed by atoms with Gasteiger partial charge in [0.25, 0.3) is 0 Å². The van der Waals surface area contributed by atoms with Gasteiger partial charge >= 0.3 is 0 Å². The molecule has 4 aromatic rings. The number of ether oxygens (including phenoxy) is 1. The molecule has 0 spiro atoms. The van der Waals surface area contributed by atoms with Crippen molar-refractivity contribution in [2.24, 2.45) is 5.10 Å². The Morgan fingerprint density at radius 1 is 1.00 bits per heavy atom. The molecule has 0 N–H and O–H groups in total. The first-order valence-electron chi connectivity index (χ1n) is 10.6. The van der Waals surface area contributed by atoms with E-state index in [1.54, 1.807) is 12.1 Å². The minimum atomic E-state index is -0.654. The number of hydrogen-bond acceptors (Lipinski definition) is 6. The summed E-state index contributed by atoms with van der Waals surface area (Å²) in [5.74, 6) is 1.32. The molecule has 34 heavy (non-hydrogen) atoms. The number of para-hydroxylation sites is 1. The zero-order chi connectivity index (χ0) is 23.5. The van der Waals surface area contributed by atoms with Gasteiger partial charge in [0.2, 0.25) is 18.0 Å². The summed E-state index contributed by atoms with van der Waals surface area (Å²) < 4.78 is 8.06. The lowest BCUT2D eigenvalue weighted by Gasteiger charge is -2.19. The van der Waals surface area contributed by atoms with E-state index in [4.69, 9.17) is 16.3 Å². The number of carbonyl (C=O) groups excluding carboxylic acids is 1. The molecule has 1 aliphatic heterocycles. The van der Waals surface area contributed by atoms with Gasteiger partial charge in [0.1, 0.15) is 0 Å². The number of thioether (sulfide) groups is 1. The number of hydrogen-bond donors (Lipinski definition) is 0. The van der Waals surface area contributed by atoms with Crippen molar-refractivity contribution in [2.75, 3.05) is 5.75 Å². The lowest BCUT2D eigenvalue weighted by Crippen LogP contribution is -2.25. The van der Waals surface area contributed by atoms with Gasteiger partial charge in [0.05, 0.1) is 5.75 Å². The minimum Gasteiger partial charge on any atom is -0.449 e. The van der Waals surface area contributed by atoms with Crippen molar-refractivity contribution in [1.82, 2.24) is 19.8 Å². The molecule has 9 heteroatoms. The van der Waals surface area contributed by atoms with Crippen molar-refractivity contribution < 1.29 is 9.53 Å². The Labute approximate surface area is 206 Å². The van der Waals surface area contributed by atoms with Gasteiger partial charge in [0, 0.05) is 28.8 Å². The third-order valence-corrected chi connectivity index (χ3v) is 6.30. The predicted molar refractivity (Wildman–Crippen MR) is 133 cm³/mol. The molecular weight excluding hydrogens is 470 g/mol. The summed E-state index contributed by atoms with van der Waals surface area (Å²) in [4.78, 5) is 12.2. The average Bonchev–Trinajstić information content (AvgIpc) is 3.49. The van der Waals surface area contributed by atoms with Crippen LogP contribution in [0.4, 0.5) is 0 Å². The molecule has 1 aliphatic rings. The molecule has 170 valence electrons. The molecule has 0 aliphatic carbocycles. The van der Waals surface area contributed by atoms with Crippen molar-refractivity contribution in [3.8, 4) is 17.1 Å². The summed E-state index contributed by atoms with van der Waals surface area (Å²) in [6.45, 7) is 1.46. The quantitative estimate of drug-likeness (QED) is 0.331. The van der Waals surface area contributed by atoms with Crippen LogP contribution in [0, 0.1) is 0 Å². The van der Waals surface area contributed by atoms with Crippen LogP contribution < -0.4 is 0 Å². The van der Waals surface area contributed by atoms with Crippen molar-refractivity contribution in [3.63, 3.8) is 0 Å². The molecule has 3 aromatic carbocycles. The van der Waals surface area contributed by atoms with E-state index >= 15 is 0 Å². The second-order valence-corrected chi connectivity index (χ2v) is 8.89. The van der Waals surface area contributed by atoms with Crippen molar-refractivity contribution in [1.29, 1.82) is 0 Å². The maximum Gasteiger partial charge on any atom is 0.243 e. The molecule has 0 bridgehead atoms. The highest BCUT2D eigenvalue weighted by Crippen LogP contribution is 2.33. The highest BCUT2D eigenvalue weighted by atomic mass is 35.5. The van der Waals surface area contributed by atoms with Crippen molar-refractivity contribution >= 4 is 35.2 Å². The van der Waals surface area contributed by atoms with E-state index in [0.29, 0.717) is 21.8 Å². The average molecular weight is 490 g/mol. The first-order chi connectivity index (χ1) is 16.6. The van der Waals surface area contributed by atoms with Gasteiger partial charge in [0.15, 0.2) is 11.0 Å². The Balaban J connectivity index is 1.42. The Bertz CT molecular complexity index is 1340. The number of benzene rings is 3. The standard InChI is InChI=1S/C25H20ClN5O2S/c1-17(32)31-24(19-11-8-12-20(26)15-19)33-22(29-31)16-34-25-28-27-23(18-9-4-2-5-10-18)30(25)21-13-6-3-7-14-21/h2-15,24H,16H2,1H3. The van der Waals surface area contributed by atoms with Crippen LogP contribution in [0.3, 0.4) is 0 Å². The molecule has 7 nitrogen and oxygen atoms in total. The number of hydrazone groups is 1. The van der Waals surface area contributed by atoms with Crippen LogP contribution in [0.1, 0.15) is 18.7 Å². The summed E-state index contributed by atoms with van der Waals surface area (Å²) in [7, 11) is 0. The number of rotatable bonds is 6. The van der Waals surface area contributed by atoms with Crippen LogP contribution in [0.5, 0.6) is 0 Å². The van der Waals surface area contributed by atoms with Gasteiger partial charge in [-0.2, -0.15) is 5.01 Å². The van der Waals surface area contributed by atoms with E-state index in [1.807, 2.05) is 77.4 Å². The molecule has 1 unspecified atom stereocenters. The van der Waals surface area contributed by atoms with Gasteiger partial charge < -0.3 is 4.74 Å². The second kappa shape index (κ2) is 9.70. The fraction of sp³-hybridized carbons (Fsp3) is 0.120. The van der Waals surface area contributed by atoms with Gasteiger partial charge in [-0.15, -0.1) is 15.3 Å². The lowest BCUT2D eigenvalue weighted by atomic mass is 10.2. The van der Waals surface area contributed by atoms with Gasteiger partial charge in [-0.1, -0.05) is 84.0 Å². The zero-order valence-corrected chi connectivity index (χ0v) is 19.8. The molecule has 1 aromatic heterocycles. The Kier molecular flexibility index (Phi) is 6.33. The van der Waals surface area contributed by atoms with Crippen LogP contribution in [-0.4, -0.2) is 37.3 Å². The van der Waals surface area contributed by atoms with Gasteiger partial charge in [-0.3, -0.25) is 9.36 Å². The number of nitrogens with zero attached hydrogens (tertiary/aromatic N) is 5. The number of aromatic nitrogens is 3. The fourth-order valence-electron chi connectivity index (χ4n) is 3.62. The lowest BCUT2D eigenvalue weighted by molar-refractivity contribution is -0.135. The largest absolute Gasteiger partial charge is 0.449 e. The SMILES string of the molecule is CC(=O)N1N=C(CSc2nnc(-c3ccccc3)n2-c2ccccc2)OC1c1cccc(Cl)c1. The highest BCUT2D eigenvalue weighted by Gasteiger charge is 2.32. The van der Waals surface area contributed by atoms with Crippen LogP contribution in [-0.2, 0) is 9.53 Å². The first kappa shape index (κ1) is 22.2. The Hall–Kier alpha value is -3.62. The molecule has 1 atom stereocenters. The van der Waals surface area contributed by atoms with E-state index < -0.39 is 6.23 Å². The fourth-order valence-corrected chi connectivity index (χ4v) is 4.61. The molecule has 1 amide bonds. The van der Waals surface area contributed by atoms with E-state index in [9.17, 15) is 4.79 Å². The second-order valence-electron chi connectivity index (χ2n) is 7.51. The molecule has 0 radical (unpaired) electrons. The maximum absolute atomic E-state index is 12.2. The summed E-state index contributed by atoms with van der Waals surface area (Å²) in [6.07, 6.45) is -0.654. The van der Waals surface area contributed by atoms with Gasteiger partial charge in [-0.05, 0) is 24.3 Å². The first-order valence-corrected chi connectivity index (χ1v) is 11.9. The van der Waals surface area contributed by atoms with Crippen molar-refractivity contribution in [2.45, 2.75) is 18.3 Å². The molecule has 2 heterocycles. The number of amides is 1. The number of halogens is 1. The normalized spacial score (nSPS) is 15.2. The molecule has 5 rings (SSSR count). The third kappa shape index (κ3) is 4.55. The molecule has 0 saturated carbocycles. The van der Waals surface area contributed by atoms with E-state index in [1.165, 1.54) is 23.7 Å². The Morgan fingerprint density at radius 2 is 1.74 bits per heavy atom. The van der Waals surface area contributed by atoms with Crippen LogP contribution in [0.25, 0.3) is 17.1 Å². The van der Waals surface area contributed by atoms with E-state index in [-0.39, 0.29) is 5.91 Å². The van der Waals surface area contributed by atoms with Gasteiger partial charge in [-0.25, -0.2) is 0 Å². The maximum atomic E-state index is 12.2. The smallest absolute Gasteiger partial charge is 0.243 e. The Morgan fingerprint density at radius 3 is 2.44 bits per heavy atom. The molecule has 0 saturated heterocycles. The zero-order valence-electron chi connectivity index (χ0n) is 18.2. The summed E-state index contributed by atoms with van der Waals surface area (Å²) in [6, 6.07) is 27.1. The highest BCUT2D eigenvalue weighted by molar-refractivity contribution is 7.99. The monoisotopic (exact) mass is 489 g/mol. The topological polar surface area (TPSA) is 72.6 Å². The van der Waals surface area contributed by atoms with Crippen LogP contribution >= 0.6 is 23.4 Å². The summed E-state index contributed by atoms with van der Waals surface area (Å²) >= 11 is 7.58. The van der Waals surface area contributed by atoms with Crippen LogP contribution in [0.15, 0.2) is 95.2 Å².